The molecule has 1 atom stereocenters. The Bertz CT molecular complexity index is 417. The van der Waals surface area contributed by atoms with Crippen molar-refractivity contribution in [3.8, 4) is 5.75 Å². The Labute approximate surface area is 116 Å². The molecule has 0 saturated heterocycles. The second-order valence-corrected chi connectivity index (χ2v) is 5.60. The van der Waals surface area contributed by atoms with Crippen molar-refractivity contribution < 1.29 is 4.74 Å². The van der Waals surface area contributed by atoms with Crippen LogP contribution in [0.2, 0.25) is 0 Å². The first-order valence-electron chi connectivity index (χ1n) is 7.27. The van der Waals surface area contributed by atoms with Crippen LogP contribution in [-0.2, 0) is 6.42 Å². The largest absolute Gasteiger partial charge is 0.497 e. The van der Waals surface area contributed by atoms with Gasteiger partial charge in [0.2, 0.25) is 0 Å². The van der Waals surface area contributed by atoms with E-state index in [1.807, 2.05) is 7.05 Å². The van der Waals surface area contributed by atoms with Crippen LogP contribution in [-0.4, -0.2) is 32.8 Å². The van der Waals surface area contributed by atoms with Gasteiger partial charge < -0.3 is 15.0 Å². The Morgan fingerprint density at radius 1 is 1.42 bits per heavy atom. The van der Waals surface area contributed by atoms with Gasteiger partial charge in [-0.3, -0.25) is 0 Å². The van der Waals surface area contributed by atoms with Crippen LogP contribution in [0.1, 0.15) is 32.3 Å². The Morgan fingerprint density at radius 2 is 2.21 bits per heavy atom. The number of hydrogen-bond acceptors (Lipinski definition) is 3. The van der Waals surface area contributed by atoms with E-state index in [0.717, 1.165) is 18.7 Å². The first-order chi connectivity index (χ1) is 9.17. The maximum absolute atomic E-state index is 5.34. The summed E-state index contributed by atoms with van der Waals surface area (Å²) in [5.74, 6) is 0.971. The minimum atomic E-state index is 0.550. The highest BCUT2D eigenvalue weighted by atomic mass is 16.5. The molecule has 1 unspecified atom stereocenters. The van der Waals surface area contributed by atoms with E-state index in [2.05, 4.69) is 42.3 Å². The molecule has 0 aliphatic carbocycles. The van der Waals surface area contributed by atoms with Crippen molar-refractivity contribution >= 4 is 5.69 Å². The predicted molar refractivity (Wildman–Crippen MR) is 81.3 cm³/mol. The highest BCUT2D eigenvalue weighted by molar-refractivity contribution is 5.62. The van der Waals surface area contributed by atoms with E-state index in [1.54, 1.807) is 7.11 Å². The van der Waals surface area contributed by atoms with Crippen molar-refractivity contribution in [2.24, 2.45) is 0 Å². The van der Waals surface area contributed by atoms with Gasteiger partial charge in [-0.25, -0.2) is 0 Å². The van der Waals surface area contributed by atoms with Gasteiger partial charge in [0, 0.05) is 17.8 Å². The summed E-state index contributed by atoms with van der Waals surface area (Å²) < 4.78 is 5.34. The molecule has 0 saturated carbocycles. The molecule has 0 radical (unpaired) electrons. The third kappa shape index (κ3) is 3.03. The average Bonchev–Trinajstić information content (AvgIpc) is 2.76. The molecule has 1 aliphatic rings. The summed E-state index contributed by atoms with van der Waals surface area (Å²) in [7, 11) is 3.76. The van der Waals surface area contributed by atoms with Crippen LogP contribution in [0, 0.1) is 0 Å². The molecule has 0 amide bonds. The second-order valence-electron chi connectivity index (χ2n) is 5.60. The van der Waals surface area contributed by atoms with Gasteiger partial charge in [0.15, 0.2) is 0 Å². The zero-order valence-electron chi connectivity index (χ0n) is 12.6. The zero-order valence-corrected chi connectivity index (χ0v) is 12.6. The van der Waals surface area contributed by atoms with E-state index in [0.29, 0.717) is 12.1 Å². The van der Waals surface area contributed by atoms with E-state index in [4.69, 9.17) is 4.74 Å². The topological polar surface area (TPSA) is 24.5 Å². The van der Waals surface area contributed by atoms with Gasteiger partial charge in [-0.2, -0.15) is 0 Å². The van der Waals surface area contributed by atoms with Gasteiger partial charge in [0.25, 0.3) is 0 Å². The molecule has 1 aromatic carbocycles. The van der Waals surface area contributed by atoms with E-state index in [-0.39, 0.29) is 0 Å². The van der Waals surface area contributed by atoms with Crippen molar-refractivity contribution in [3.63, 3.8) is 0 Å². The van der Waals surface area contributed by atoms with E-state index < -0.39 is 0 Å². The monoisotopic (exact) mass is 262 g/mol. The molecule has 2 rings (SSSR count). The molecular formula is C16H26N2O. The van der Waals surface area contributed by atoms with Gasteiger partial charge in [-0.15, -0.1) is 0 Å². The second kappa shape index (κ2) is 6.29. The van der Waals surface area contributed by atoms with E-state index >= 15 is 0 Å². The summed E-state index contributed by atoms with van der Waals surface area (Å²) in [6.45, 7) is 5.66. The SMILES string of the molecule is CNCCCC1Cc2cc(OC)ccc2N1C(C)C. The highest BCUT2D eigenvalue weighted by Crippen LogP contribution is 2.37. The molecule has 106 valence electrons. The molecule has 3 nitrogen and oxygen atoms in total. The lowest BCUT2D eigenvalue weighted by Gasteiger charge is -2.31. The molecule has 0 aromatic heterocycles. The van der Waals surface area contributed by atoms with Gasteiger partial charge in [0.05, 0.1) is 7.11 Å². The van der Waals surface area contributed by atoms with Crippen molar-refractivity contribution in [3.05, 3.63) is 23.8 Å². The summed E-state index contributed by atoms with van der Waals surface area (Å²) in [6, 6.07) is 7.67. The average molecular weight is 262 g/mol. The summed E-state index contributed by atoms with van der Waals surface area (Å²) in [5, 5.41) is 3.24. The maximum Gasteiger partial charge on any atom is 0.119 e. The Kier molecular flexibility index (Phi) is 4.70. The van der Waals surface area contributed by atoms with Crippen LogP contribution in [0.4, 0.5) is 5.69 Å². The van der Waals surface area contributed by atoms with Crippen LogP contribution in [0.3, 0.4) is 0 Å². The van der Waals surface area contributed by atoms with E-state index in [1.165, 1.54) is 24.1 Å². The minimum Gasteiger partial charge on any atom is -0.497 e. The van der Waals surface area contributed by atoms with Crippen molar-refractivity contribution in [2.45, 2.75) is 45.2 Å². The molecule has 1 heterocycles. The molecular weight excluding hydrogens is 236 g/mol. The summed E-state index contributed by atoms with van der Waals surface area (Å²) in [6.07, 6.45) is 3.62. The quantitative estimate of drug-likeness (QED) is 0.798. The number of nitrogens with one attached hydrogen (secondary N) is 1. The first kappa shape index (κ1) is 14.2. The van der Waals surface area contributed by atoms with Gasteiger partial charge in [0.1, 0.15) is 5.75 Å². The van der Waals surface area contributed by atoms with Gasteiger partial charge in [-0.05, 0) is 70.5 Å². The molecule has 3 heteroatoms. The van der Waals surface area contributed by atoms with Crippen LogP contribution in [0.25, 0.3) is 0 Å². The van der Waals surface area contributed by atoms with E-state index in [9.17, 15) is 0 Å². The molecule has 0 bridgehead atoms. The number of anilines is 1. The fraction of sp³-hybridized carbons (Fsp3) is 0.625. The fourth-order valence-corrected chi connectivity index (χ4v) is 3.11. The van der Waals surface area contributed by atoms with Crippen LogP contribution in [0.5, 0.6) is 5.75 Å². The molecule has 0 spiro atoms. The number of hydrogen-bond donors (Lipinski definition) is 1. The van der Waals surface area contributed by atoms with Crippen molar-refractivity contribution in [1.82, 2.24) is 5.32 Å². The van der Waals surface area contributed by atoms with Crippen LogP contribution < -0.4 is 15.0 Å². The number of benzene rings is 1. The lowest BCUT2D eigenvalue weighted by molar-refractivity contribution is 0.414. The summed E-state index contributed by atoms with van der Waals surface area (Å²) in [4.78, 5) is 2.57. The highest BCUT2D eigenvalue weighted by Gasteiger charge is 2.30. The fourth-order valence-electron chi connectivity index (χ4n) is 3.11. The zero-order chi connectivity index (χ0) is 13.8. The first-order valence-corrected chi connectivity index (χ1v) is 7.27. The van der Waals surface area contributed by atoms with Gasteiger partial charge in [-0.1, -0.05) is 0 Å². The molecule has 19 heavy (non-hydrogen) atoms. The third-order valence-electron chi connectivity index (χ3n) is 3.93. The summed E-state index contributed by atoms with van der Waals surface area (Å²) in [5.41, 5.74) is 2.83. The Balaban J connectivity index is 2.16. The molecule has 1 aromatic rings. The maximum atomic E-state index is 5.34. The van der Waals surface area contributed by atoms with Crippen LogP contribution >= 0.6 is 0 Å². The van der Waals surface area contributed by atoms with Crippen molar-refractivity contribution in [2.75, 3.05) is 25.6 Å². The molecule has 1 aliphatic heterocycles. The predicted octanol–water partition coefficient (Wildman–Crippen LogP) is 2.83. The number of fused-ring (bicyclic) bond motifs is 1. The Hall–Kier alpha value is -1.22. The lowest BCUT2D eigenvalue weighted by Crippen LogP contribution is -2.38. The number of ether oxygens (including phenoxy) is 1. The minimum absolute atomic E-state index is 0.550. The normalized spacial score (nSPS) is 17.9. The standard InChI is InChI=1S/C16H26N2O/c1-12(2)18-14(6-5-9-17-3)10-13-11-15(19-4)7-8-16(13)18/h7-8,11-12,14,17H,5-6,9-10H2,1-4H3. The Morgan fingerprint density at radius 3 is 2.84 bits per heavy atom. The summed E-state index contributed by atoms with van der Waals surface area (Å²) >= 11 is 0. The molecule has 0 fully saturated rings. The lowest BCUT2D eigenvalue weighted by atomic mass is 10.1. The van der Waals surface area contributed by atoms with Crippen molar-refractivity contribution in [1.29, 1.82) is 0 Å². The smallest absolute Gasteiger partial charge is 0.119 e. The van der Waals surface area contributed by atoms with Gasteiger partial charge >= 0.3 is 0 Å². The van der Waals surface area contributed by atoms with Crippen LogP contribution in [0.15, 0.2) is 18.2 Å². The third-order valence-corrected chi connectivity index (χ3v) is 3.93. The number of methoxy groups -OCH3 is 1. The molecule has 1 N–H and O–H groups in total. The number of rotatable bonds is 6. The number of nitrogens with zero attached hydrogens (tertiary/aromatic N) is 1.